The lowest BCUT2D eigenvalue weighted by atomic mass is 9.98. The van der Waals surface area contributed by atoms with E-state index in [4.69, 9.17) is 19.4 Å². The number of aromatic amines is 1. The molecule has 0 spiro atoms. The highest BCUT2D eigenvalue weighted by molar-refractivity contribution is 5.92. The van der Waals surface area contributed by atoms with Gasteiger partial charge in [0.2, 0.25) is 5.56 Å². The number of carbonyl (C=O) groups is 2. The number of carbonyl (C=O) groups excluding carboxylic acids is 2. The van der Waals surface area contributed by atoms with Crippen molar-refractivity contribution in [3.8, 4) is 16.9 Å². The molecule has 1 aliphatic rings. The molecule has 14 heteroatoms. The van der Waals surface area contributed by atoms with E-state index in [-0.39, 0.29) is 30.4 Å². The van der Waals surface area contributed by atoms with Crippen molar-refractivity contribution in [2.24, 2.45) is 0 Å². The first-order chi connectivity index (χ1) is 30.2. The van der Waals surface area contributed by atoms with Crippen molar-refractivity contribution in [2.45, 2.75) is 89.1 Å². The first kappa shape index (κ1) is 48.3. The molecule has 11 nitrogen and oxygen atoms in total. The molecule has 4 N–H and O–H groups in total. The number of aliphatic carboxylic acids is 1. The minimum absolute atomic E-state index is 0.0392. The minimum Gasteiger partial charge on any atom is -0.542 e. The highest BCUT2D eigenvalue weighted by Gasteiger charge is 2.29. The molecular formula is C49H59F3N4O7. The summed E-state index contributed by atoms with van der Waals surface area (Å²) in [5.41, 5.74) is 6.52. The molecule has 1 atom stereocenters. The number of piperidine rings is 1. The Bertz CT molecular complexity index is 2260. The smallest absolute Gasteiger partial charge is 0.430 e. The maximum Gasteiger partial charge on any atom is 0.430 e. The Labute approximate surface area is 366 Å². The van der Waals surface area contributed by atoms with E-state index in [0.717, 1.165) is 102 Å². The number of nitrogens with one attached hydrogen (secondary N) is 3. The largest absolute Gasteiger partial charge is 0.542 e. The Morgan fingerprint density at radius 1 is 0.841 bits per heavy atom. The van der Waals surface area contributed by atoms with Gasteiger partial charge >= 0.3 is 12.3 Å². The average Bonchev–Trinajstić information content (AvgIpc) is 3.26. The number of hydrogen-bond acceptors (Lipinski definition) is 8. The normalized spacial score (nSPS) is 14.3. The molecular weight excluding hydrogens is 814 g/mol. The van der Waals surface area contributed by atoms with Crippen LogP contribution in [0.5, 0.6) is 5.75 Å². The molecule has 4 aromatic carbocycles. The highest BCUT2D eigenvalue weighted by atomic mass is 19.4. The maximum absolute atomic E-state index is 13.0. The molecule has 0 aliphatic carbocycles. The van der Waals surface area contributed by atoms with Crippen LogP contribution in [0.4, 0.5) is 23.7 Å². The van der Waals surface area contributed by atoms with Crippen molar-refractivity contribution in [1.29, 1.82) is 0 Å². The number of pyridine rings is 1. The predicted molar refractivity (Wildman–Crippen MR) is 237 cm³/mol. The molecule has 1 aromatic heterocycles. The SMILES string of the molecule is C[N+]1(C)CCC(OC(=O)Nc2cc(CCCCCCCCCNC(CO)c3ccc(OCc4ccccc4)c4[nH]c(=O)ccc34)ccc2-c2ccccc2)CC1.O=C([O-])C(F)(F)F. The van der Waals surface area contributed by atoms with Crippen LogP contribution in [0.25, 0.3) is 22.0 Å². The summed E-state index contributed by atoms with van der Waals surface area (Å²) in [6.07, 6.45) is 5.07. The van der Waals surface area contributed by atoms with Crippen LogP contribution in [0.2, 0.25) is 0 Å². The summed E-state index contributed by atoms with van der Waals surface area (Å²) in [6.45, 7) is 3.17. The topological polar surface area (TPSA) is 153 Å². The summed E-state index contributed by atoms with van der Waals surface area (Å²) in [5, 5.41) is 26.6. The molecule has 1 amide bonds. The average molecular weight is 873 g/mol. The third-order valence-corrected chi connectivity index (χ3v) is 11.2. The van der Waals surface area contributed by atoms with Gasteiger partial charge in [-0.05, 0) is 66.3 Å². The van der Waals surface area contributed by atoms with Crippen LogP contribution in [-0.2, 0) is 22.6 Å². The molecule has 2 heterocycles. The van der Waals surface area contributed by atoms with Crippen LogP contribution < -0.4 is 26.0 Å². The number of aliphatic hydroxyl groups is 1. The van der Waals surface area contributed by atoms with E-state index in [9.17, 15) is 27.9 Å². The van der Waals surface area contributed by atoms with Crippen molar-refractivity contribution >= 4 is 28.7 Å². The number of hydrogen-bond donors (Lipinski definition) is 4. The second kappa shape index (κ2) is 23.7. The number of benzene rings is 4. The van der Waals surface area contributed by atoms with E-state index in [1.54, 1.807) is 0 Å². The fourth-order valence-corrected chi connectivity index (χ4v) is 7.67. The van der Waals surface area contributed by atoms with Crippen molar-refractivity contribution in [1.82, 2.24) is 10.3 Å². The van der Waals surface area contributed by atoms with Gasteiger partial charge in [-0.25, -0.2) is 4.79 Å². The number of quaternary nitrogens is 1. The lowest BCUT2D eigenvalue weighted by Crippen LogP contribution is -2.48. The Hall–Kier alpha value is -5.70. The highest BCUT2D eigenvalue weighted by Crippen LogP contribution is 2.32. The number of carboxylic acids is 1. The molecule has 0 saturated carbocycles. The van der Waals surface area contributed by atoms with E-state index < -0.39 is 12.1 Å². The summed E-state index contributed by atoms with van der Waals surface area (Å²) in [7, 11) is 4.45. The number of aliphatic hydroxyl groups excluding tert-OH is 1. The number of amides is 1. The van der Waals surface area contributed by atoms with Crippen LogP contribution in [0.3, 0.4) is 0 Å². The van der Waals surface area contributed by atoms with Crippen LogP contribution >= 0.6 is 0 Å². The number of nitrogens with zero attached hydrogens (tertiary/aromatic N) is 1. The lowest BCUT2D eigenvalue weighted by Gasteiger charge is -2.36. The van der Waals surface area contributed by atoms with Gasteiger partial charge < -0.3 is 39.3 Å². The van der Waals surface area contributed by atoms with Gasteiger partial charge in [0.15, 0.2) is 0 Å². The molecule has 6 rings (SSSR count). The van der Waals surface area contributed by atoms with Gasteiger partial charge in [-0.2, -0.15) is 13.2 Å². The summed E-state index contributed by atoms with van der Waals surface area (Å²) < 4.78 is 44.5. The Morgan fingerprint density at radius 3 is 2.13 bits per heavy atom. The molecule has 0 bridgehead atoms. The van der Waals surface area contributed by atoms with Crippen LogP contribution in [0.1, 0.15) is 80.5 Å². The third kappa shape index (κ3) is 15.6. The lowest BCUT2D eigenvalue weighted by molar-refractivity contribution is -0.896. The second-order valence-corrected chi connectivity index (χ2v) is 16.6. The van der Waals surface area contributed by atoms with Gasteiger partial charge in [0.1, 0.15) is 24.4 Å². The van der Waals surface area contributed by atoms with Gasteiger partial charge in [0, 0.05) is 29.9 Å². The zero-order chi connectivity index (χ0) is 45.2. The number of aromatic nitrogens is 1. The maximum atomic E-state index is 13.0. The van der Waals surface area contributed by atoms with E-state index >= 15 is 0 Å². The molecule has 1 saturated heterocycles. The number of anilines is 1. The summed E-state index contributed by atoms with van der Waals surface area (Å²) in [4.78, 5) is 37.0. The fourth-order valence-electron chi connectivity index (χ4n) is 7.67. The molecule has 338 valence electrons. The predicted octanol–water partition coefficient (Wildman–Crippen LogP) is 8.46. The molecule has 63 heavy (non-hydrogen) atoms. The Balaban J connectivity index is 0.000000985. The van der Waals surface area contributed by atoms with Crippen LogP contribution in [-0.4, -0.2) is 79.3 Å². The zero-order valence-corrected chi connectivity index (χ0v) is 36.1. The van der Waals surface area contributed by atoms with Gasteiger partial charge in [0.25, 0.3) is 0 Å². The quantitative estimate of drug-likeness (QED) is 0.0477. The fraction of sp³-hybridized carbons (Fsp3) is 0.408. The zero-order valence-electron chi connectivity index (χ0n) is 36.1. The molecule has 1 unspecified atom stereocenters. The summed E-state index contributed by atoms with van der Waals surface area (Å²) >= 11 is 0. The van der Waals surface area contributed by atoms with Crippen molar-refractivity contribution in [3.63, 3.8) is 0 Å². The first-order valence-corrected chi connectivity index (χ1v) is 21.7. The number of carboxylic acid groups (broad SMARTS) is 1. The number of fused-ring (bicyclic) bond motifs is 1. The Morgan fingerprint density at radius 2 is 1.48 bits per heavy atom. The first-order valence-electron chi connectivity index (χ1n) is 21.7. The van der Waals surface area contributed by atoms with Gasteiger partial charge in [-0.3, -0.25) is 10.1 Å². The van der Waals surface area contributed by atoms with Crippen molar-refractivity contribution in [2.75, 3.05) is 45.7 Å². The van der Waals surface area contributed by atoms with Crippen molar-refractivity contribution < 1.29 is 46.9 Å². The number of aryl methyl sites for hydroxylation is 1. The number of H-pyrrole nitrogens is 1. The number of alkyl halides is 3. The van der Waals surface area contributed by atoms with E-state index in [1.807, 2.05) is 66.7 Å². The minimum atomic E-state index is -5.19. The Kier molecular flexibility index (Phi) is 18.2. The molecule has 1 fully saturated rings. The van der Waals surface area contributed by atoms with Crippen LogP contribution in [0, 0.1) is 0 Å². The molecule has 5 aromatic rings. The molecule has 1 aliphatic heterocycles. The number of ether oxygens (including phenoxy) is 2. The van der Waals surface area contributed by atoms with Gasteiger partial charge in [0.05, 0.1) is 51.0 Å². The van der Waals surface area contributed by atoms with Gasteiger partial charge in [-0.1, -0.05) is 111 Å². The van der Waals surface area contributed by atoms with Gasteiger partial charge in [-0.15, -0.1) is 0 Å². The monoisotopic (exact) mass is 872 g/mol. The standard InChI is InChI=1S/C47H58N4O5.C2HF3O2/c1-51(2)30-27-38(28-31-51)56-47(54)49-42-32-35(21-22-39(42)37-19-13-9-14-20-37)16-10-6-4-3-5-7-15-29-48-43(33-52)40-23-25-44(46-41(40)24-26-45(53)50-46)55-34-36-17-11-8-12-18-36;3-2(4,5)1(6)7/h8-9,11-14,17-26,32,38,43,48,52H,3-7,10,15-16,27-31,33-34H2,1-2H3,(H-,49,50,53,54);(H,6,7). The number of likely N-dealkylation sites (tertiary alicyclic amines) is 1. The number of rotatable bonds is 19. The second-order valence-electron chi connectivity index (χ2n) is 16.6. The number of halogens is 3. The van der Waals surface area contributed by atoms with E-state index in [2.05, 4.69) is 60.0 Å². The van der Waals surface area contributed by atoms with E-state index in [1.165, 1.54) is 30.9 Å². The molecule has 0 radical (unpaired) electrons. The number of unbranched alkanes of at least 4 members (excludes halogenated alkanes) is 6. The third-order valence-electron chi connectivity index (χ3n) is 11.2. The van der Waals surface area contributed by atoms with E-state index in [0.29, 0.717) is 17.9 Å². The summed E-state index contributed by atoms with van der Waals surface area (Å²) in [5.74, 6) is -2.40. The summed E-state index contributed by atoms with van der Waals surface area (Å²) in [6, 6.07) is 33.5. The van der Waals surface area contributed by atoms with Crippen molar-refractivity contribution in [3.05, 3.63) is 130 Å². The van der Waals surface area contributed by atoms with Crippen LogP contribution in [0.15, 0.2) is 108 Å².